The number of nitrogens with one attached hydrogen (secondary N) is 2. The molecule has 9 nitrogen and oxygen atoms in total. The van der Waals surface area contributed by atoms with E-state index in [1.54, 1.807) is 39.8 Å². The first-order chi connectivity index (χ1) is 16.2. The van der Waals surface area contributed by atoms with Crippen molar-refractivity contribution in [2.45, 2.75) is 79.0 Å². The lowest BCUT2D eigenvalue weighted by Crippen LogP contribution is -2.52. The van der Waals surface area contributed by atoms with Gasteiger partial charge in [-0.3, -0.25) is 14.4 Å². The van der Waals surface area contributed by atoms with E-state index in [1.165, 1.54) is 11.9 Å². The molecule has 0 aromatic heterocycles. The van der Waals surface area contributed by atoms with E-state index < -0.39 is 41.6 Å². The van der Waals surface area contributed by atoms with Crippen LogP contribution in [-0.2, 0) is 23.9 Å². The van der Waals surface area contributed by atoms with Crippen LogP contribution in [0.3, 0.4) is 0 Å². The summed E-state index contributed by atoms with van der Waals surface area (Å²) < 4.78 is 10.2. The molecule has 0 aliphatic rings. The van der Waals surface area contributed by atoms with E-state index in [9.17, 15) is 19.2 Å². The predicted octanol–water partition coefficient (Wildman–Crippen LogP) is 3.50. The normalized spacial score (nSPS) is 12.9. The van der Waals surface area contributed by atoms with Crippen LogP contribution in [0.1, 0.15) is 71.6 Å². The smallest absolute Gasteiger partial charge is 0.408 e. The van der Waals surface area contributed by atoms with E-state index in [0.29, 0.717) is 12.0 Å². The molecule has 2 N–H and O–H groups in total. The monoisotopic (exact) mass is 491 g/mol. The predicted molar refractivity (Wildman–Crippen MR) is 134 cm³/mol. The van der Waals surface area contributed by atoms with Gasteiger partial charge in [0.2, 0.25) is 11.8 Å². The molecule has 35 heavy (non-hydrogen) atoms. The first kappa shape index (κ1) is 29.9. The van der Waals surface area contributed by atoms with Gasteiger partial charge in [-0.1, -0.05) is 43.7 Å². The Bertz CT molecular complexity index is 861. The molecule has 1 rings (SSSR count). The van der Waals surface area contributed by atoms with Crippen LogP contribution in [0.5, 0.6) is 0 Å². The molecule has 2 atom stereocenters. The van der Waals surface area contributed by atoms with Gasteiger partial charge in [0.05, 0.1) is 13.0 Å². The second-order valence-electron chi connectivity index (χ2n) is 9.94. The Balaban J connectivity index is 3.15. The molecule has 0 fully saturated rings. The molecule has 0 aliphatic carbocycles. The van der Waals surface area contributed by atoms with Gasteiger partial charge in [0.15, 0.2) is 0 Å². The Labute approximate surface area is 208 Å². The lowest BCUT2D eigenvalue weighted by molar-refractivity contribution is -0.143. The van der Waals surface area contributed by atoms with Gasteiger partial charge < -0.3 is 25.0 Å². The zero-order chi connectivity index (χ0) is 26.8. The van der Waals surface area contributed by atoms with Crippen LogP contribution in [0.15, 0.2) is 24.3 Å². The molecular weight excluding hydrogens is 450 g/mol. The number of nitrogens with zero attached hydrogens (tertiary/aromatic N) is 1. The van der Waals surface area contributed by atoms with Gasteiger partial charge in [-0.2, -0.15) is 0 Å². The zero-order valence-electron chi connectivity index (χ0n) is 22.3. The minimum absolute atomic E-state index is 0.0219. The minimum Gasteiger partial charge on any atom is -0.466 e. The maximum absolute atomic E-state index is 13.5. The topological polar surface area (TPSA) is 114 Å². The summed E-state index contributed by atoms with van der Waals surface area (Å²) in [7, 11) is 1.53. The average molecular weight is 492 g/mol. The number of amides is 3. The maximum atomic E-state index is 13.5. The van der Waals surface area contributed by atoms with Crippen LogP contribution in [0, 0.1) is 12.8 Å². The summed E-state index contributed by atoms with van der Waals surface area (Å²) in [4.78, 5) is 52.1. The first-order valence-electron chi connectivity index (χ1n) is 12.0. The fraction of sp³-hybridized carbons (Fsp3) is 0.615. The number of esters is 1. The maximum Gasteiger partial charge on any atom is 0.408 e. The van der Waals surface area contributed by atoms with Crippen molar-refractivity contribution < 1.29 is 28.7 Å². The number of ether oxygens (including phenoxy) is 2. The van der Waals surface area contributed by atoms with E-state index in [1.807, 2.05) is 32.9 Å². The lowest BCUT2D eigenvalue weighted by atomic mass is 9.99. The molecule has 0 heterocycles. The third-order valence-electron chi connectivity index (χ3n) is 5.01. The molecule has 9 heteroatoms. The second kappa shape index (κ2) is 13.7. The van der Waals surface area contributed by atoms with Crippen molar-refractivity contribution in [2.75, 3.05) is 20.2 Å². The minimum atomic E-state index is -0.958. The average Bonchev–Trinajstić information content (AvgIpc) is 2.72. The SMILES string of the molecule is CCOC(=O)CCNC(=O)C(c1ccc(C)cc1)N(C)C(=O)C(CC(C)C)NC(=O)OC(C)(C)C. The van der Waals surface area contributed by atoms with Crippen LogP contribution in [-0.4, -0.2) is 60.6 Å². The standard InChI is InChI=1S/C26H41N3O6/c1-9-34-21(30)14-15-27-23(31)22(19-12-10-18(4)11-13-19)29(8)24(32)20(16-17(2)3)28-25(33)35-26(5,6)7/h10-13,17,20,22H,9,14-16H2,1-8H3,(H,27,31)(H,28,33). The molecule has 0 saturated carbocycles. The van der Waals surface area contributed by atoms with Crippen LogP contribution >= 0.6 is 0 Å². The summed E-state index contributed by atoms with van der Waals surface area (Å²) in [5, 5.41) is 5.39. The fourth-order valence-corrected chi connectivity index (χ4v) is 3.43. The molecule has 0 saturated heterocycles. The Kier molecular flexibility index (Phi) is 11.7. The highest BCUT2D eigenvalue weighted by molar-refractivity contribution is 5.92. The molecule has 0 spiro atoms. The number of aryl methyl sites for hydroxylation is 1. The van der Waals surface area contributed by atoms with Gasteiger partial charge in [0.1, 0.15) is 17.7 Å². The molecule has 0 bridgehead atoms. The number of carbonyl (C=O) groups is 4. The summed E-state index contributed by atoms with van der Waals surface area (Å²) in [5.41, 5.74) is 0.902. The molecule has 2 unspecified atom stereocenters. The number of hydrogen-bond acceptors (Lipinski definition) is 6. The largest absolute Gasteiger partial charge is 0.466 e. The zero-order valence-corrected chi connectivity index (χ0v) is 22.3. The third kappa shape index (κ3) is 10.8. The second-order valence-corrected chi connectivity index (χ2v) is 9.94. The highest BCUT2D eigenvalue weighted by Gasteiger charge is 2.34. The molecular formula is C26H41N3O6. The van der Waals surface area contributed by atoms with E-state index >= 15 is 0 Å². The lowest BCUT2D eigenvalue weighted by Gasteiger charge is -2.32. The van der Waals surface area contributed by atoms with E-state index in [4.69, 9.17) is 9.47 Å². The van der Waals surface area contributed by atoms with Gasteiger partial charge in [0.25, 0.3) is 0 Å². The van der Waals surface area contributed by atoms with E-state index in [2.05, 4.69) is 10.6 Å². The van der Waals surface area contributed by atoms with Crippen LogP contribution in [0.25, 0.3) is 0 Å². The number of benzene rings is 1. The Morgan fingerprint density at radius 3 is 2.17 bits per heavy atom. The molecule has 1 aromatic carbocycles. The number of rotatable bonds is 11. The van der Waals surface area contributed by atoms with Gasteiger partial charge in [0, 0.05) is 13.6 Å². The van der Waals surface area contributed by atoms with Crippen LogP contribution in [0.4, 0.5) is 4.79 Å². The Morgan fingerprint density at radius 1 is 1.06 bits per heavy atom. The van der Waals surface area contributed by atoms with Crippen LogP contribution in [0.2, 0.25) is 0 Å². The third-order valence-corrected chi connectivity index (χ3v) is 5.01. The summed E-state index contributed by atoms with van der Waals surface area (Å²) in [5.74, 6) is -1.17. The molecule has 0 aliphatic heterocycles. The summed E-state index contributed by atoms with van der Waals surface area (Å²) in [6, 6.07) is 5.45. The molecule has 1 aromatic rings. The first-order valence-corrected chi connectivity index (χ1v) is 12.0. The molecule has 3 amide bonds. The highest BCUT2D eigenvalue weighted by Crippen LogP contribution is 2.23. The van der Waals surface area contributed by atoms with Crippen molar-refractivity contribution in [1.82, 2.24) is 15.5 Å². The van der Waals surface area contributed by atoms with Crippen molar-refractivity contribution in [1.29, 1.82) is 0 Å². The van der Waals surface area contributed by atoms with Crippen molar-refractivity contribution >= 4 is 23.9 Å². The molecule has 0 radical (unpaired) electrons. The van der Waals surface area contributed by atoms with Gasteiger partial charge in [-0.25, -0.2) is 4.79 Å². The van der Waals surface area contributed by atoms with Crippen LogP contribution < -0.4 is 10.6 Å². The Hall–Kier alpha value is -3.10. The van der Waals surface area contributed by atoms with Gasteiger partial charge >= 0.3 is 12.1 Å². The highest BCUT2D eigenvalue weighted by atomic mass is 16.6. The van der Waals surface area contributed by atoms with Crippen molar-refractivity contribution in [3.05, 3.63) is 35.4 Å². The summed E-state index contributed by atoms with van der Waals surface area (Å²) >= 11 is 0. The van der Waals surface area contributed by atoms with Crippen molar-refractivity contribution in [2.24, 2.45) is 5.92 Å². The van der Waals surface area contributed by atoms with Gasteiger partial charge in [-0.15, -0.1) is 0 Å². The quantitative estimate of drug-likeness (QED) is 0.458. The van der Waals surface area contributed by atoms with E-state index in [0.717, 1.165) is 5.56 Å². The van der Waals surface area contributed by atoms with E-state index in [-0.39, 0.29) is 25.5 Å². The summed E-state index contributed by atoms with van der Waals surface area (Å²) in [6.45, 7) is 13.1. The number of hydrogen-bond donors (Lipinski definition) is 2. The summed E-state index contributed by atoms with van der Waals surface area (Å²) in [6.07, 6.45) is -0.308. The molecule has 196 valence electrons. The van der Waals surface area contributed by atoms with Crippen molar-refractivity contribution in [3.8, 4) is 0 Å². The Morgan fingerprint density at radius 2 is 1.66 bits per heavy atom. The van der Waals surface area contributed by atoms with Crippen molar-refractivity contribution in [3.63, 3.8) is 0 Å². The number of carbonyl (C=O) groups excluding carboxylic acids is 4. The number of alkyl carbamates (subject to hydrolysis) is 1. The van der Waals surface area contributed by atoms with Gasteiger partial charge in [-0.05, 0) is 52.5 Å². The number of likely N-dealkylation sites (N-methyl/N-ethyl adjacent to an activating group) is 1. The fourth-order valence-electron chi connectivity index (χ4n) is 3.43.